The molecule has 0 atom stereocenters. The third kappa shape index (κ3) is 5.06. The number of aliphatic imine (C=N–C) groups is 1. The van der Waals surface area contributed by atoms with Gasteiger partial charge in [0.15, 0.2) is 5.96 Å². The van der Waals surface area contributed by atoms with E-state index in [4.69, 9.17) is 4.99 Å². The number of rotatable bonds is 7. The molecule has 0 spiro atoms. The smallest absolute Gasteiger partial charge is 0.194 e. The van der Waals surface area contributed by atoms with Gasteiger partial charge in [0.05, 0.1) is 6.54 Å². The lowest BCUT2D eigenvalue weighted by Gasteiger charge is -2.22. The van der Waals surface area contributed by atoms with Crippen molar-refractivity contribution >= 4 is 21.9 Å². The Morgan fingerprint density at radius 1 is 1.33 bits per heavy atom. The number of hydrogen-bond donors (Lipinski definition) is 1. The maximum Gasteiger partial charge on any atom is 0.194 e. The predicted molar refractivity (Wildman–Crippen MR) is 101 cm³/mol. The molecule has 0 fully saturated rings. The molecule has 0 aliphatic heterocycles. The Morgan fingerprint density at radius 3 is 2.83 bits per heavy atom. The van der Waals surface area contributed by atoms with E-state index in [1.807, 2.05) is 6.07 Å². The Balaban J connectivity index is 2.00. The Kier molecular flexibility index (Phi) is 7.24. The molecule has 0 saturated heterocycles. The highest BCUT2D eigenvalue weighted by Crippen LogP contribution is 2.17. The van der Waals surface area contributed by atoms with Gasteiger partial charge in [-0.2, -0.15) is 0 Å². The summed E-state index contributed by atoms with van der Waals surface area (Å²) in [6.07, 6.45) is 2.65. The fourth-order valence-corrected chi connectivity index (χ4v) is 2.84. The zero-order chi connectivity index (χ0) is 17.4. The van der Waals surface area contributed by atoms with Gasteiger partial charge in [-0.1, -0.05) is 41.1 Å². The van der Waals surface area contributed by atoms with Crippen molar-refractivity contribution < 1.29 is 0 Å². The molecule has 0 amide bonds. The molecule has 7 heteroatoms. The van der Waals surface area contributed by atoms with E-state index in [1.54, 1.807) is 6.33 Å². The van der Waals surface area contributed by atoms with Gasteiger partial charge in [-0.3, -0.25) is 4.99 Å². The number of nitrogens with zero attached hydrogens (tertiary/aromatic N) is 5. The molecule has 0 aliphatic carbocycles. The summed E-state index contributed by atoms with van der Waals surface area (Å²) in [7, 11) is 2.05. The van der Waals surface area contributed by atoms with E-state index in [2.05, 4.69) is 80.0 Å². The molecule has 0 aliphatic rings. The molecule has 1 heterocycles. The molecular weight excluding hydrogens is 368 g/mol. The molecule has 6 nitrogen and oxygen atoms in total. The molecule has 1 aromatic carbocycles. The maximum atomic E-state index is 4.73. The predicted octanol–water partition coefficient (Wildman–Crippen LogP) is 2.70. The van der Waals surface area contributed by atoms with Crippen LogP contribution in [0.1, 0.15) is 25.2 Å². The minimum atomic E-state index is 0.688. The number of aromatic nitrogens is 3. The van der Waals surface area contributed by atoms with Crippen molar-refractivity contribution in [3.63, 3.8) is 0 Å². The quantitative estimate of drug-likeness (QED) is 0.581. The average Bonchev–Trinajstić information content (AvgIpc) is 3.03. The van der Waals surface area contributed by atoms with Gasteiger partial charge >= 0.3 is 0 Å². The van der Waals surface area contributed by atoms with Crippen LogP contribution in [0.3, 0.4) is 0 Å². The molecular formula is C17H25BrN6. The Morgan fingerprint density at radius 2 is 2.12 bits per heavy atom. The highest BCUT2D eigenvalue weighted by Gasteiger charge is 2.08. The van der Waals surface area contributed by atoms with Crippen molar-refractivity contribution in [3.8, 4) is 0 Å². The van der Waals surface area contributed by atoms with Crippen LogP contribution in [0.4, 0.5) is 0 Å². The van der Waals surface area contributed by atoms with E-state index < -0.39 is 0 Å². The molecule has 2 aromatic rings. The van der Waals surface area contributed by atoms with Gasteiger partial charge in [0.2, 0.25) is 0 Å². The second-order valence-corrected chi connectivity index (χ2v) is 6.33. The van der Waals surface area contributed by atoms with Crippen LogP contribution in [0.5, 0.6) is 0 Å². The van der Waals surface area contributed by atoms with Crippen LogP contribution >= 0.6 is 15.9 Å². The minimum absolute atomic E-state index is 0.688. The van der Waals surface area contributed by atoms with Crippen LogP contribution in [-0.2, 0) is 19.5 Å². The Labute approximate surface area is 152 Å². The fraction of sp³-hybridized carbons (Fsp3) is 0.471. The molecule has 2 rings (SSSR count). The second kappa shape index (κ2) is 9.42. The topological polar surface area (TPSA) is 58.3 Å². The number of guanidine groups is 1. The van der Waals surface area contributed by atoms with Crippen LogP contribution in [0.2, 0.25) is 0 Å². The number of halogens is 1. The van der Waals surface area contributed by atoms with Crippen molar-refractivity contribution in [1.82, 2.24) is 25.0 Å². The van der Waals surface area contributed by atoms with Crippen LogP contribution in [-0.4, -0.2) is 45.8 Å². The number of aryl methyl sites for hydroxylation is 1. The van der Waals surface area contributed by atoms with Crippen molar-refractivity contribution in [2.75, 3.05) is 20.1 Å². The molecule has 1 aromatic heterocycles. The second-order valence-electron chi connectivity index (χ2n) is 5.48. The molecule has 0 unspecified atom stereocenters. The third-order valence-corrected chi connectivity index (χ3v) is 4.45. The first kappa shape index (κ1) is 18.4. The summed E-state index contributed by atoms with van der Waals surface area (Å²) >= 11 is 3.60. The molecule has 0 bridgehead atoms. The van der Waals surface area contributed by atoms with Gasteiger partial charge in [-0.05, 0) is 18.6 Å². The van der Waals surface area contributed by atoms with E-state index >= 15 is 0 Å². The highest BCUT2D eigenvalue weighted by molar-refractivity contribution is 9.10. The number of nitrogens with one attached hydrogen (secondary N) is 1. The fourth-order valence-electron chi connectivity index (χ4n) is 2.43. The molecule has 0 saturated carbocycles. The van der Waals surface area contributed by atoms with Gasteiger partial charge in [0.25, 0.3) is 0 Å². The van der Waals surface area contributed by atoms with Crippen LogP contribution in [0.25, 0.3) is 0 Å². The van der Waals surface area contributed by atoms with Crippen molar-refractivity contribution in [3.05, 3.63) is 46.5 Å². The van der Waals surface area contributed by atoms with Gasteiger partial charge in [-0.25, -0.2) is 0 Å². The lowest BCUT2D eigenvalue weighted by molar-refractivity contribution is 0.474. The third-order valence-electron chi connectivity index (χ3n) is 3.68. The van der Waals surface area contributed by atoms with E-state index in [0.717, 1.165) is 42.3 Å². The van der Waals surface area contributed by atoms with E-state index in [-0.39, 0.29) is 0 Å². The van der Waals surface area contributed by atoms with Crippen molar-refractivity contribution in [2.45, 2.75) is 33.4 Å². The summed E-state index contributed by atoms with van der Waals surface area (Å²) in [6, 6.07) is 8.26. The summed E-state index contributed by atoms with van der Waals surface area (Å²) in [5.74, 6) is 1.90. The summed E-state index contributed by atoms with van der Waals surface area (Å²) in [5.41, 5.74) is 1.23. The highest BCUT2D eigenvalue weighted by atomic mass is 79.9. The zero-order valence-corrected chi connectivity index (χ0v) is 16.1. The first-order valence-corrected chi connectivity index (χ1v) is 9.04. The van der Waals surface area contributed by atoms with Crippen LogP contribution < -0.4 is 5.32 Å². The van der Waals surface area contributed by atoms with Crippen LogP contribution in [0.15, 0.2) is 40.1 Å². The zero-order valence-electron chi connectivity index (χ0n) is 14.5. The van der Waals surface area contributed by atoms with Gasteiger partial charge in [0, 0.05) is 37.6 Å². The summed E-state index contributed by atoms with van der Waals surface area (Å²) in [5, 5.41) is 11.4. The normalized spacial score (nSPS) is 11.6. The number of hydrogen-bond acceptors (Lipinski definition) is 3. The van der Waals surface area contributed by atoms with Gasteiger partial charge in [0.1, 0.15) is 12.2 Å². The summed E-state index contributed by atoms with van der Waals surface area (Å²) in [4.78, 5) is 6.86. The van der Waals surface area contributed by atoms with E-state index in [9.17, 15) is 0 Å². The lowest BCUT2D eigenvalue weighted by atomic mass is 10.2. The van der Waals surface area contributed by atoms with Gasteiger partial charge < -0.3 is 14.8 Å². The maximum absolute atomic E-state index is 4.73. The Hall–Kier alpha value is -1.89. The molecule has 1 N–H and O–H groups in total. The van der Waals surface area contributed by atoms with E-state index in [0.29, 0.717) is 6.54 Å². The standard InChI is InChI=1S/C17H25BrN6/c1-4-16-22-21-13-24(16)11-10-20-17(19-5-2)23(3)12-14-8-6-7-9-15(14)18/h6-9,13H,4-5,10-12H2,1-3H3,(H,19,20). The van der Waals surface area contributed by atoms with Crippen molar-refractivity contribution in [1.29, 1.82) is 0 Å². The SMILES string of the molecule is CCNC(=NCCn1cnnc1CC)N(C)Cc1ccccc1Br. The Bertz CT molecular complexity index is 667. The first-order valence-electron chi connectivity index (χ1n) is 8.25. The van der Waals surface area contributed by atoms with Gasteiger partial charge in [-0.15, -0.1) is 10.2 Å². The molecule has 0 radical (unpaired) electrons. The van der Waals surface area contributed by atoms with Crippen LogP contribution in [0, 0.1) is 0 Å². The lowest BCUT2D eigenvalue weighted by Crippen LogP contribution is -2.38. The minimum Gasteiger partial charge on any atom is -0.357 e. The average molecular weight is 393 g/mol. The molecule has 24 heavy (non-hydrogen) atoms. The summed E-state index contributed by atoms with van der Waals surface area (Å²) < 4.78 is 3.17. The first-order chi connectivity index (χ1) is 11.7. The largest absolute Gasteiger partial charge is 0.357 e. The monoisotopic (exact) mass is 392 g/mol. The summed E-state index contributed by atoms with van der Waals surface area (Å²) in [6.45, 7) is 7.27. The van der Waals surface area contributed by atoms with E-state index in [1.165, 1.54) is 5.56 Å². The van der Waals surface area contributed by atoms with Crippen molar-refractivity contribution in [2.24, 2.45) is 4.99 Å². The number of benzene rings is 1. The molecule has 130 valence electrons.